The first-order valence-corrected chi connectivity index (χ1v) is 8.68. The number of amides is 1. The van der Waals surface area contributed by atoms with Crippen LogP contribution >= 0.6 is 0 Å². The fourth-order valence-corrected chi connectivity index (χ4v) is 3.66. The Bertz CT molecular complexity index is 596. The molecule has 0 bridgehead atoms. The normalized spacial score (nSPS) is 19.5. The highest BCUT2D eigenvalue weighted by molar-refractivity contribution is 7.89. The van der Waals surface area contributed by atoms with E-state index in [9.17, 15) is 13.2 Å². The van der Waals surface area contributed by atoms with Crippen molar-refractivity contribution in [2.75, 3.05) is 19.6 Å². The second-order valence-electron chi connectivity index (χ2n) is 5.64. The van der Waals surface area contributed by atoms with Gasteiger partial charge in [-0.25, -0.2) is 13.1 Å². The Hall–Kier alpha value is -1.40. The molecule has 1 heterocycles. The van der Waals surface area contributed by atoms with Crippen LogP contribution in [0.15, 0.2) is 29.2 Å². The van der Waals surface area contributed by atoms with Gasteiger partial charge >= 0.3 is 0 Å². The van der Waals surface area contributed by atoms with E-state index in [1.165, 1.54) is 0 Å². The van der Waals surface area contributed by atoms with Crippen molar-refractivity contribution in [1.29, 1.82) is 0 Å². The topological polar surface area (TPSA) is 66.5 Å². The monoisotopic (exact) mass is 310 g/mol. The van der Waals surface area contributed by atoms with Gasteiger partial charge in [-0.1, -0.05) is 17.7 Å². The third kappa shape index (κ3) is 4.28. The maximum Gasteiger partial charge on any atom is 0.240 e. The van der Waals surface area contributed by atoms with Gasteiger partial charge in [0.2, 0.25) is 15.9 Å². The van der Waals surface area contributed by atoms with Crippen molar-refractivity contribution in [3.05, 3.63) is 29.8 Å². The first kappa shape index (κ1) is 16.0. The van der Waals surface area contributed by atoms with E-state index in [-0.39, 0.29) is 16.7 Å². The van der Waals surface area contributed by atoms with E-state index in [0.29, 0.717) is 13.1 Å². The third-order valence-electron chi connectivity index (χ3n) is 3.86. The standard InChI is InChI=1S/C15H22N2O3S/c1-12-5-7-15(8-6-12)21(19,20)16-10-14-4-3-9-17(11-14)13(2)18/h5-8,14,16H,3-4,9-11H2,1-2H3. The number of hydrogen-bond acceptors (Lipinski definition) is 3. The van der Waals surface area contributed by atoms with Crippen LogP contribution in [0.4, 0.5) is 0 Å². The van der Waals surface area contributed by atoms with Crippen molar-refractivity contribution >= 4 is 15.9 Å². The minimum atomic E-state index is -3.47. The summed E-state index contributed by atoms with van der Waals surface area (Å²) >= 11 is 0. The molecule has 0 aromatic heterocycles. The first-order valence-electron chi connectivity index (χ1n) is 7.20. The molecule has 6 heteroatoms. The van der Waals surface area contributed by atoms with Crippen LogP contribution in [-0.4, -0.2) is 38.9 Å². The van der Waals surface area contributed by atoms with E-state index < -0.39 is 10.0 Å². The van der Waals surface area contributed by atoms with Gasteiger partial charge in [-0.05, 0) is 37.8 Å². The summed E-state index contributed by atoms with van der Waals surface area (Å²) in [5, 5.41) is 0. The lowest BCUT2D eigenvalue weighted by molar-refractivity contribution is -0.130. The molecule has 1 N–H and O–H groups in total. The molecule has 1 aromatic rings. The Morgan fingerprint density at radius 3 is 2.62 bits per heavy atom. The number of carbonyl (C=O) groups is 1. The number of aryl methyl sites for hydroxylation is 1. The number of nitrogens with zero attached hydrogens (tertiary/aromatic N) is 1. The van der Waals surface area contributed by atoms with Gasteiger partial charge in [0.15, 0.2) is 0 Å². The molecule has 21 heavy (non-hydrogen) atoms. The molecular formula is C15H22N2O3S. The Labute approximate surface area is 126 Å². The summed E-state index contributed by atoms with van der Waals surface area (Å²) in [7, 11) is -3.47. The quantitative estimate of drug-likeness (QED) is 0.917. The minimum absolute atomic E-state index is 0.0566. The van der Waals surface area contributed by atoms with Crippen LogP contribution in [-0.2, 0) is 14.8 Å². The van der Waals surface area contributed by atoms with Crippen molar-refractivity contribution in [1.82, 2.24) is 9.62 Å². The third-order valence-corrected chi connectivity index (χ3v) is 5.30. The lowest BCUT2D eigenvalue weighted by atomic mass is 9.98. The van der Waals surface area contributed by atoms with Crippen LogP contribution in [0.25, 0.3) is 0 Å². The number of rotatable bonds is 4. The number of carbonyl (C=O) groups excluding carboxylic acids is 1. The summed E-state index contributed by atoms with van der Waals surface area (Å²) < 4.78 is 27.1. The predicted octanol–water partition coefficient (Wildman–Crippen LogP) is 1.53. The molecule has 0 spiro atoms. The molecule has 1 aromatic carbocycles. The summed E-state index contributed by atoms with van der Waals surface area (Å²) in [5.74, 6) is 0.240. The number of nitrogens with one attached hydrogen (secondary N) is 1. The Morgan fingerprint density at radius 1 is 1.33 bits per heavy atom. The number of likely N-dealkylation sites (tertiary alicyclic amines) is 1. The molecule has 1 amide bonds. The first-order chi connectivity index (χ1) is 9.88. The Balaban J connectivity index is 1.95. The summed E-state index contributed by atoms with van der Waals surface area (Å²) in [6.07, 6.45) is 1.87. The van der Waals surface area contributed by atoms with Crippen molar-refractivity contribution in [2.45, 2.75) is 31.6 Å². The minimum Gasteiger partial charge on any atom is -0.343 e. The molecule has 116 valence electrons. The van der Waals surface area contributed by atoms with E-state index in [4.69, 9.17) is 0 Å². The lowest BCUT2D eigenvalue weighted by Gasteiger charge is -2.32. The fraction of sp³-hybridized carbons (Fsp3) is 0.533. The van der Waals surface area contributed by atoms with E-state index >= 15 is 0 Å². The van der Waals surface area contributed by atoms with Gasteiger partial charge in [0.1, 0.15) is 0 Å². The molecule has 1 atom stereocenters. The van der Waals surface area contributed by atoms with E-state index in [2.05, 4.69) is 4.72 Å². The molecule has 0 radical (unpaired) electrons. The summed E-state index contributed by atoms with van der Waals surface area (Å²) in [5.41, 5.74) is 1.03. The number of piperidine rings is 1. The molecule has 0 aliphatic carbocycles. The molecule has 2 rings (SSSR count). The van der Waals surface area contributed by atoms with Gasteiger partial charge in [0, 0.05) is 26.6 Å². The molecule has 1 fully saturated rings. The lowest BCUT2D eigenvalue weighted by Crippen LogP contribution is -2.42. The zero-order valence-corrected chi connectivity index (χ0v) is 13.3. The Morgan fingerprint density at radius 2 is 2.00 bits per heavy atom. The number of benzene rings is 1. The van der Waals surface area contributed by atoms with Crippen LogP contribution < -0.4 is 4.72 Å². The molecule has 1 aliphatic rings. The van der Waals surface area contributed by atoms with Crippen LogP contribution in [0.1, 0.15) is 25.3 Å². The van der Waals surface area contributed by atoms with E-state index in [1.807, 2.05) is 6.92 Å². The van der Waals surface area contributed by atoms with Gasteiger partial charge in [-0.15, -0.1) is 0 Å². The fourth-order valence-electron chi connectivity index (χ4n) is 2.55. The summed E-state index contributed by atoms with van der Waals surface area (Å²) in [6.45, 7) is 5.25. The van der Waals surface area contributed by atoms with Gasteiger partial charge in [-0.3, -0.25) is 4.79 Å². The van der Waals surface area contributed by atoms with Gasteiger partial charge in [-0.2, -0.15) is 0 Å². The molecule has 5 nitrogen and oxygen atoms in total. The average molecular weight is 310 g/mol. The number of hydrogen-bond donors (Lipinski definition) is 1. The largest absolute Gasteiger partial charge is 0.343 e. The zero-order chi connectivity index (χ0) is 15.5. The molecule has 1 unspecified atom stereocenters. The zero-order valence-electron chi connectivity index (χ0n) is 12.5. The Kier molecular flexibility index (Phi) is 5.00. The highest BCUT2D eigenvalue weighted by atomic mass is 32.2. The molecular weight excluding hydrogens is 288 g/mol. The highest BCUT2D eigenvalue weighted by Gasteiger charge is 2.23. The number of sulfonamides is 1. The predicted molar refractivity (Wildman–Crippen MR) is 81.3 cm³/mol. The summed E-state index contributed by atoms with van der Waals surface area (Å²) in [6, 6.07) is 6.79. The highest BCUT2D eigenvalue weighted by Crippen LogP contribution is 2.17. The van der Waals surface area contributed by atoms with Crippen LogP contribution in [0, 0.1) is 12.8 Å². The average Bonchev–Trinajstić information content (AvgIpc) is 2.46. The van der Waals surface area contributed by atoms with E-state index in [0.717, 1.165) is 24.9 Å². The van der Waals surface area contributed by atoms with Crippen LogP contribution in [0.2, 0.25) is 0 Å². The van der Waals surface area contributed by atoms with Gasteiger partial charge in [0.05, 0.1) is 4.90 Å². The summed E-state index contributed by atoms with van der Waals surface area (Å²) in [4.78, 5) is 13.5. The molecule has 0 saturated carbocycles. The van der Waals surface area contributed by atoms with Crippen LogP contribution in [0.5, 0.6) is 0 Å². The smallest absolute Gasteiger partial charge is 0.240 e. The second kappa shape index (κ2) is 6.58. The van der Waals surface area contributed by atoms with Crippen LogP contribution in [0.3, 0.4) is 0 Å². The van der Waals surface area contributed by atoms with Gasteiger partial charge in [0.25, 0.3) is 0 Å². The van der Waals surface area contributed by atoms with E-state index in [1.54, 1.807) is 36.1 Å². The maximum absolute atomic E-state index is 12.2. The van der Waals surface area contributed by atoms with Gasteiger partial charge < -0.3 is 4.90 Å². The second-order valence-corrected chi connectivity index (χ2v) is 7.41. The van der Waals surface area contributed by atoms with Crippen molar-refractivity contribution < 1.29 is 13.2 Å². The SMILES string of the molecule is CC(=O)N1CCCC(CNS(=O)(=O)c2ccc(C)cc2)C1. The maximum atomic E-state index is 12.2. The molecule has 1 saturated heterocycles. The van der Waals surface area contributed by atoms with Crippen molar-refractivity contribution in [3.63, 3.8) is 0 Å². The van der Waals surface area contributed by atoms with Crippen molar-refractivity contribution in [2.24, 2.45) is 5.92 Å². The van der Waals surface area contributed by atoms with Crippen molar-refractivity contribution in [3.8, 4) is 0 Å². The molecule has 1 aliphatic heterocycles.